The molecular weight excluding hydrogens is 212 g/mol. The van der Waals surface area contributed by atoms with Crippen molar-refractivity contribution in [2.75, 3.05) is 13.1 Å². The third-order valence-electron chi connectivity index (χ3n) is 4.00. The van der Waals surface area contributed by atoms with Gasteiger partial charge in [-0.3, -0.25) is 4.79 Å². The van der Waals surface area contributed by atoms with E-state index in [1.807, 2.05) is 0 Å². The molecular formula is C14H28N2O. The van der Waals surface area contributed by atoms with Crippen molar-refractivity contribution in [2.45, 2.75) is 52.9 Å². The average Bonchev–Trinajstić information content (AvgIpc) is 2.28. The Bertz CT molecular complexity index is 237. The van der Waals surface area contributed by atoms with Gasteiger partial charge in [0.15, 0.2) is 0 Å². The quantitative estimate of drug-likeness (QED) is 0.741. The van der Waals surface area contributed by atoms with Crippen molar-refractivity contribution in [3.05, 3.63) is 0 Å². The third-order valence-corrected chi connectivity index (χ3v) is 4.00. The van der Waals surface area contributed by atoms with E-state index in [2.05, 4.69) is 26.1 Å². The van der Waals surface area contributed by atoms with Crippen molar-refractivity contribution in [3.8, 4) is 0 Å². The summed E-state index contributed by atoms with van der Waals surface area (Å²) in [5.41, 5.74) is 5.80. The van der Waals surface area contributed by atoms with E-state index in [1.165, 1.54) is 12.8 Å². The van der Waals surface area contributed by atoms with Gasteiger partial charge in [-0.1, -0.05) is 20.8 Å². The molecule has 1 saturated carbocycles. The molecule has 0 aliphatic heterocycles. The predicted octanol–water partition coefficient (Wildman–Crippen LogP) is 2.30. The Morgan fingerprint density at radius 3 is 2.29 bits per heavy atom. The number of hydrogen-bond donors (Lipinski definition) is 2. The van der Waals surface area contributed by atoms with Crippen molar-refractivity contribution in [1.29, 1.82) is 0 Å². The normalized spacial score (nSPS) is 25.6. The molecule has 0 aromatic heterocycles. The maximum absolute atomic E-state index is 11.9. The molecule has 1 rings (SSSR count). The van der Waals surface area contributed by atoms with Gasteiger partial charge in [-0.15, -0.1) is 0 Å². The minimum Gasteiger partial charge on any atom is -0.356 e. The second kappa shape index (κ2) is 6.39. The third kappa shape index (κ3) is 4.66. The van der Waals surface area contributed by atoms with E-state index in [-0.39, 0.29) is 11.8 Å². The fraction of sp³-hybridized carbons (Fsp3) is 0.929. The molecule has 3 heteroatoms. The standard InChI is InChI=1S/C14H28N2O/c1-14(2,3)12-7-5-11(6-8-12)13(17)16-10-4-9-15/h11-12H,4-10,15H2,1-3H3,(H,16,17). The fourth-order valence-electron chi connectivity index (χ4n) is 2.68. The summed E-state index contributed by atoms with van der Waals surface area (Å²) in [6.45, 7) is 8.30. The molecule has 1 amide bonds. The number of rotatable bonds is 4. The zero-order valence-electron chi connectivity index (χ0n) is 11.6. The number of nitrogens with one attached hydrogen (secondary N) is 1. The van der Waals surface area contributed by atoms with Crippen molar-refractivity contribution >= 4 is 5.91 Å². The topological polar surface area (TPSA) is 55.1 Å². The van der Waals surface area contributed by atoms with Gasteiger partial charge in [0.2, 0.25) is 5.91 Å². The van der Waals surface area contributed by atoms with Crippen molar-refractivity contribution in [3.63, 3.8) is 0 Å². The minimum absolute atomic E-state index is 0.241. The van der Waals surface area contributed by atoms with Crippen LogP contribution in [0.5, 0.6) is 0 Å². The first kappa shape index (κ1) is 14.5. The molecule has 1 aliphatic carbocycles. The highest BCUT2D eigenvalue weighted by Crippen LogP contribution is 2.39. The molecule has 0 atom stereocenters. The second-order valence-electron chi connectivity index (χ2n) is 6.35. The van der Waals surface area contributed by atoms with Crippen LogP contribution < -0.4 is 11.1 Å². The van der Waals surface area contributed by atoms with E-state index >= 15 is 0 Å². The van der Waals surface area contributed by atoms with E-state index in [1.54, 1.807) is 0 Å². The largest absolute Gasteiger partial charge is 0.356 e. The average molecular weight is 240 g/mol. The van der Waals surface area contributed by atoms with Gasteiger partial charge in [-0.2, -0.15) is 0 Å². The lowest BCUT2D eigenvalue weighted by Crippen LogP contribution is -2.36. The summed E-state index contributed by atoms with van der Waals surface area (Å²) < 4.78 is 0. The summed E-state index contributed by atoms with van der Waals surface area (Å²) in [6, 6.07) is 0. The van der Waals surface area contributed by atoms with E-state index in [0.717, 1.165) is 31.7 Å². The van der Waals surface area contributed by atoms with Gasteiger partial charge in [-0.05, 0) is 50.0 Å². The Balaban J connectivity index is 2.29. The van der Waals surface area contributed by atoms with Crippen LogP contribution in [0.3, 0.4) is 0 Å². The molecule has 0 heterocycles. The molecule has 0 radical (unpaired) electrons. The number of nitrogens with two attached hydrogens (primary N) is 1. The zero-order valence-corrected chi connectivity index (χ0v) is 11.6. The van der Waals surface area contributed by atoms with Crippen LogP contribution in [-0.2, 0) is 4.79 Å². The summed E-state index contributed by atoms with van der Waals surface area (Å²) in [6.07, 6.45) is 5.37. The van der Waals surface area contributed by atoms with Gasteiger partial charge >= 0.3 is 0 Å². The van der Waals surface area contributed by atoms with Gasteiger partial charge in [-0.25, -0.2) is 0 Å². The molecule has 0 saturated heterocycles. The molecule has 0 aromatic carbocycles. The van der Waals surface area contributed by atoms with Crippen LogP contribution in [0, 0.1) is 17.3 Å². The lowest BCUT2D eigenvalue weighted by molar-refractivity contribution is -0.126. The van der Waals surface area contributed by atoms with E-state index in [9.17, 15) is 4.79 Å². The highest BCUT2D eigenvalue weighted by molar-refractivity contribution is 5.78. The molecule has 100 valence electrons. The molecule has 1 fully saturated rings. The summed E-state index contributed by atoms with van der Waals surface area (Å²) in [4.78, 5) is 11.9. The van der Waals surface area contributed by atoms with Crippen LogP contribution in [0.25, 0.3) is 0 Å². The molecule has 3 N–H and O–H groups in total. The Hall–Kier alpha value is -0.570. The summed E-state index contributed by atoms with van der Waals surface area (Å²) >= 11 is 0. The van der Waals surface area contributed by atoms with Crippen LogP contribution in [0.4, 0.5) is 0 Å². The predicted molar refractivity (Wildman–Crippen MR) is 71.6 cm³/mol. The van der Waals surface area contributed by atoms with Crippen molar-refractivity contribution in [1.82, 2.24) is 5.32 Å². The maximum atomic E-state index is 11.9. The highest BCUT2D eigenvalue weighted by Gasteiger charge is 2.32. The molecule has 17 heavy (non-hydrogen) atoms. The monoisotopic (exact) mass is 240 g/mol. The Kier molecular flexibility index (Phi) is 5.44. The second-order valence-corrected chi connectivity index (χ2v) is 6.35. The van der Waals surface area contributed by atoms with Gasteiger partial charge in [0.05, 0.1) is 0 Å². The molecule has 0 spiro atoms. The first-order chi connectivity index (χ1) is 7.95. The number of carbonyl (C=O) groups excluding carboxylic acids is 1. The molecule has 0 bridgehead atoms. The maximum Gasteiger partial charge on any atom is 0.223 e. The van der Waals surface area contributed by atoms with E-state index in [4.69, 9.17) is 5.73 Å². The summed E-state index contributed by atoms with van der Waals surface area (Å²) in [7, 11) is 0. The van der Waals surface area contributed by atoms with Gasteiger partial charge in [0.1, 0.15) is 0 Å². The van der Waals surface area contributed by atoms with E-state index < -0.39 is 0 Å². The highest BCUT2D eigenvalue weighted by atomic mass is 16.1. The molecule has 3 nitrogen and oxygen atoms in total. The Morgan fingerprint density at radius 1 is 1.24 bits per heavy atom. The number of hydrogen-bond acceptors (Lipinski definition) is 2. The van der Waals surface area contributed by atoms with E-state index in [0.29, 0.717) is 12.0 Å². The molecule has 1 aliphatic rings. The van der Waals surface area contributed by atoms with Crippen molar-refractivity contribution < 1.29 is 4.79 Å². The smallest absolute Gasteiger partial charge is 0.223 e. The first-order valence-corrected chi connectivity index (χ1v) is 6.93. The number of carbonyl (C=O) groups is 1. The fourth-order valence-corrected chi connectivity index (χ4v) is 2.68. The van der Waals surface area contributed by atoms with Crippen LogP contribution in [-0.4, -0.2) is 19.0 Å². The number of amides is 1. The SMILES string of the molecule is CC(C)(C)C1CCC(C(=O)NCCCN)CC1. The van der Waals surface area contributed by atoms with Gasteiger partial charge in [0, 0.05) is 12.5 Å². The Labute approximate surface area is 106 Å². The van der Waals surface area contributed by atoms with Crippen LogP contribution in [0.1, 0.15) is 52.9 Å². The van der Waals surface area contributed by atoms with Crippen LogP contribution >= 0.6 is 0 Å². The lowest BCUT2D eigenvalue weighted by atomic mass is 9.69. The van der Waals surface area contributed by atoms with Crippen molar-refractivity contribution in [2.24, 2.45) is 23.0 Å². The first-order valence-electron chi connectivity index (χ1n) is 6.93. The van der Waals surface area contributed by atoms with Gasteiger partial charge in [0.25, 0.3) is 0 Å². The summed E-state index contributed by atoms with van der Waals surface area (Å²) in [5.74, 6) is 1.26. The molecule has 0 unspecified atom stereocenters. The van der Waals surface area contributed by atoms with Crippen LogP contribution in [0.2, 0.25) is 0 Å². The molecule has 0 aromatic rings. The minimum atomic E-state index is 0.241. The lowest BCUT2D eigenvalue weighted by Gasteiger charge is -2.36. The summed E-state index contributed by atoms with van der Waals surface area (Å²) in [5, 5.41) is 2.99. The zero-order chi connectivity index (χ0) is 12.9. The Morgan fingerprint density at radius 2 is 1.82 bits per heavy atom. The van der Waals surface area contributed by atoms with Crippen LogP contribution in [0.15, 0.2) is 0 Å². The van der Waals surface area contributed by atoms with Gasteiger partial charge < -0.3 is 11.1 Å².